The second-order valence-electron chi connectivity index (χ2n) is 11.4. The molecule has 3 aliphatic carbocycles. The largest absolute Gasteiger partial charge is 0.393 e. The summed E-state index contributed by atoms with van der Waals surface area (Å²) >= 11 is 0. The quantitative estimate of drug-likeness (QED) is 0.423. The van der Waals surface area contributed by atoms with Gasteiger partial charge in [0.1, 0.15) is 0 Å². The van der Waals surface area contributed by atoms with Crippen LogP contribution in [0.2, 0.25) is 0 Å². The summed E-state index contributed by atoms with van der Waals surface area (Å²) in [7, 11) is 0. The van der Waals surface area contributed by atoms with Gasteiger partial charge in [0.25, 0.3) is 0 Å². The Bertz CT molecular complexity index is 424. The fourth-order valence-corrected chi connectivity index (χ4v) is 7.32. The molecule has 3 fully saturated rings. The van der Waals surface area contributed by atoms with E-state index in [1.807, 2.05) is 0 Å². The van der Waals surface area contributed by atoms with Crippen molar-refractivity contribution in [2.75, 3.05) is 0 Å². The molecule has 1 heteroatoms. The molecule has 0 amide bonds. The van der Waals surface area contributed by atoms with Crippen molar-refractivity contribution in [3.8, 4) is 0 Å². The van der Waals surface area contributed by atoms with Crippen molar-refractivity contribution in [3.05, 3.63) is 0 Å². The molecule has 0 bridgehead atoms. The van der Waals surface area contributed by atoms with Crippen LogP contribution in [0.25, 0.3) is 0 Å². The molecule has 0 aliphatic heterocycles. The van der Waals surface area contributed by atoms with Crippen molar-refractivity contribution in [1.82, 2.24) is 0 Å². The minimum atomic E-state index is -0.0203. The average molecular weight is 391 g/mol. The van der Waals surface area contributed by atoms with Gasteiger partial charge in [-0.25, -0.2) is 0 Å². The first-order chi connectivity index (χ1) is 13.6. The minimum absolute atomic E-state index is 0.0203. The zero-order valence-corrected chi connectivity index (χ0v) is 19.4. The number of rotatable bonds is 9. The van der Waals surface area contributed by atoms with E-state index in [9.17, 15) is 5.11 Å². The fraction of sp³-hybridized carbons (Fsp3) is 1.00. The number of hydrogen-bond donors (Lipinski definition) is 1. The summed E-state index contributed by atoms with van der Waals surface area (Å²) in [5.74, 6) is 5.93. The van der Waals surface area contributed by atoms with Crippen LogP contribution < -0.4 is 0 Å². The number of fused-ring (bicyclic) bond motifs is 1. The Labute approximate surface area is 176 Å². The van der Waals surface area contributed by atoms with Gasteiger partial charge in [-0.05, 0) is 67.1 Å². The third kappa shape index (κ3) is 6.23. The lowest BCUT2D eigenvalue weighted by Crippen LogP contribution is -2.37. The van der Waals surface area contributed by atoms with Crippen LogP contribution in [-0.4, -0.2) is 11.2 Å². The third-order valence-electron chi connectivity index (χ3n) is 9.51. The standard InChI is InChI=1S/C27H50O/c1-20(22(3)21(2)19-23-12-5-4-6-13-23)11-9-18-27(28)26-17-10-15-24-14-7-8-16-25(24)26/h20-28H,4-19H2,1-3H3. The lowest BCUT2D eigenvalue weighted by atomic mass is 9.63. The average Bonchev–Trinajstić information content (AvgIpc) is 2.73. The maximum atomic E-state index is 11.0. The summed E-state index contributed by atoms with van der Waals surface area (Å²) < 4.78 is 0. The molecule has 164 valence electrons. The van der Waals surface area contributed by atoms with Crippen LogP contribution in [0.4, 0.5) is 0 Å². The van der Waals surface area contributed by atoms with Gasteiger partial charge >= 0.3 is 0 Å². The van der Waals surface area contributed by atoms with Gasteiger partial charge in [0.05, 0.1) is 6.10 Å². The van der Waals surface area contributed by atoms with Crippen LogP contribution in [0.1, 0.15) is 124 Å². The summed E-state index contributed by atoms with van der Waals surface area (Å²) in [6.07, 6.45) is 22.3. The second-order valence-corrected chi connectivity index (χ2v) is 11.4. The highest BCUT2D eigenvalue weighted by Crippen LogP contribution is 2.45. The molecular formula is C27H50O. The topological polar surface area (TPSA) is 20.2 Å². The van der Waals surface area contributed by atoms with Crippen LogP contribution in [0, 0.1) is 41.4 Å². The molecule has 0 radical (unpaired) electrons. The van der Waals surface area contributed by atoms with Crippen LogP contribution >= 0.6 is 0 Å². The fourth-order valence-electron chi connectivity index (χ4n) is 7.32. The van der Waals surface area contributed by atoms with Gasteiger partial charge in [-0.1, -0.05) is 97.8 Å². The molecule has 3 saturated carbocycles. The first kappa shape index (κ1) is 22.6. The zero-order chi connectivity index (χ0) is 19.9. The molecule has 0 spiro atoms. The maximum Gasteiger partial charge on any atom is 0.0571 e. The Morgan fingerprint density at radius 3 is 2.18 bits per heavy atom. The minimum Gasteiger partial charge on any atom is -0.393 e. The van der Waals surface area contributed by atoms with Crippen LogP contribution in [0.3, 0.4) is 0 Å². The normalized spacial score (nSPS) is 33.6. The summed E-state index contributed by atoms with van der Waals surface area (Å²) in [5.41, 5.74) is 0. The van der Waals surface area contributed by atoms with Crippen LogP contribution in [0.5, 0.6) is 0 Å². The molecule has 0 aromatic rings. The highest BCUT2D eigenvalue weighted by Gasteiger charge is 2.38. The molecule has 1 N–H and O–H groups in total. The first-order valence-electron chi connectivity index (χ1n) is 13.2. The molecule has 3 rings (SSSR count). The second kappa shape index (κ2) is 11.4. The van der Waals surface area contributed by atoms with E-state index in [-0.39, 0.29) is 6.10 Å². The Kier molecular flexibility index (Phi) is 9.20. The molecule has 0 aromatic carbocycles. The number of aliphatic hydroxyl groups excluding tert-OH is 1. The van der Waals surface area contributed by atoms with Crippen molar-refractivity contribution in [3.63, 3.8) is 0 Å². The molecule has 7 unspecified atom stereocenters. The Hall–Kier alpha value is -0.0400. The van der Waals surface area contributed by atoms with Crippen molar-refractivity contribution < 1.29 is 5.11 Å². The zero-order valence-electron chi connectivity index (χ0n) is 19.4. The Balaban J connectivity index is 1.37. The lowest BCUT2D eigenvalue weighted by molar-refractivity contribution is -0.00245. The smallest absolute Gasteiger partial charge is 0.0571 e. The summed E-state index contributed by atoms with van der Waals surface area (Å²) in [6.45, 7) is 7.49. The van der Waals surface area contributed by atoms with Gasteiger partial charge in [-0.3, -0.25) is 0 Å². The van der Waals surface area contributed by atoms with E-state index in [1.165, 1.54) is 96.3 Å². The molecule has 0 heterocycles. The van der Waals surface area contributed by atoms with E-state index >= 15 is 0 Å². The number of aliphatic hydroxyl groups is 1. The summed E-state index contributed by atoms with van der Waals surface area (Å²) in [4.78, 5) is 0. The predicted molar refractivity (Wildman–Crippen MR) is 121 cm³/mol. The molecule has 1 nitrogen and oxygen atoms in total. The van der Waals surface area contributed by atoms with E-state index in [2.05, 4.69) is 20.8 Å². The lowest BCUT2D eigenvalue weighted by Gasteiger charge is -2.43. The highest BCUT2D eigenvalue weighted by molar-refractivity contribution is 4.88. The molecule has 0 aromatic heterocycles. The van der Waals surface area contributed by atoms with Gasteiger partial charge < -0.3 is 5.11 Å². The van der Waals surface area contributed by atoms with Gasteiger partial charge in [0.15, 0.2) is 0 Å². The van der Waals surface area contributed by atoms with Crippen molar-refractivity contribution in [1.29, 1.82) is 0 Å². The molecular weight excluding hydrogens is 340 g/mol. The number of hydrogen-bond acceptors (Lipinski definition) is 1. The van der Waals surface area contributed by atoms with E-state index in [1.54, 1.807) is 0 Å². The van der Waals surface area contributed by atoms with Crippen molar-refractivity contribution in [2.45, 2.75) is 130 Å². The molecule has 0 saturated heterocycles. The van der Waals surface area contributed by atoms with Gasteiger partial charge in [-0.2, -0.15) is 0 Å². The van der Waals surface area contributed by atoms with E-state index in [0.29, 0.717) is 5.92 Å². The van der Waals surface area contributed by atoms with E-state index in [4.69, 9.17) is 0 Å². The molecule has 3 aliphatic rings. The van der Waals surface area contributed by atoms with E-state index in [0.717, 1.165) is 41.9 Å². The Morgan fingerprint density at radius 1 is 0.714 bits per heavy atom. The van der Waals surface area contributed by atoms with Crippen LogP contribution in [0.15, 0.2) is 0 Å². The Morgan fingerprint density at radius 2 is 1.39 bits per heavy atom. The maximum absolute atomic E-state index is 11.0. The summed E-state index contributed by atoms with van der Waals surface area (Å²) in [6, 6.07) is 0. The monoisotopic (exact) mass is 390 g/mol. The third-order valence-corrected chi connectivity index (χ3v) is 9.51. The highest BCUT2D eigenvalue weighted by atomic mass is 16.3. The molecule has 7 atom stereocenters. The van der Waals surface area contributed by atoms with Crippen LogP contribution in [-0.2, 0) is 0 Å². The SMILES string of the molecule is CC(CCCC(O)C1CCCC2CCCCC21)C(C)C(C)CC1CCCCC1. The van der Waals surface area contributed by atoms with Gasteiger partial charge in [0, 0.05) is 0 Å². The molecule has 28 heavy (non-hydrogen) atoms. The first-order valence-corrected chi connectivity index (χ1v) is 13.2. The summed E-state index contributed by atoms with van der Waals surface area (Å²) in [5, 5.41) is 11.0. The van der Waals surface area contributed by atoms with Crippen molar-refractivity contribution in [2.24, 2.45) is 41.4 Å². The van der Waals surface area contributed by atoms with Crippen molar-refractivity contribution >= 4 is 0 Å². The van der Waals surface area contributed by atoms with Gasteiger partial charge in [-0.15, -0.1) is 0 Å². The predicted octanol–water partition coefficient (Wildman–Crippen LogP) is 8.00. The van der Waals surface area contributed by atoms with E-state index < -0.39 is 0 Å². The van der Waals surface area contributed by atoms with Gasteiger partial charge in [0.2, 0.25) is 0 Å².